The van der Waals surface area contributed by atoms with E-state index >= 15 is 0 Å². The van der Waals surface area contributed by atoms with Gasteiger partial charge >= 0.3 is 18.3 Å². The van der Waals surface area contributed by atoms with Gasteiger partial charge in [0.15, 0.2) is 35.5 Å². The molecule has 0 aliphatic carbocycles. The Labute approximate surface area is 463 Å². The zero-order chi connectivity index (χ0) is 57.9. The second-order valence-electron chi connectivity index (χ2n) is 19.9. The van der Waals surface area contributed by atoms with Crippen molar-refractivity contribution >= 4 is 59.0 Å². The summed E-state index contributed by atoms with van der Waals surface area (Å²) in [5.74, 6) is -1.49. The van der Waals surface area contributed by atoms with E-state index in [1.165, 1.54) is 67.4 Å². The van der Waals surface area contributed by atoms with Crippen LogP contribution in [-0.4, -0.2) is 139 Å². The van der Waals surface area contributed by atoms with Gasteiger partial charge in [-0.1, -0.05) is 62.4 Å². The van der Waals surface area contributed by atoms with Gasteiger partial charge in [-0.2, -0.15) is 0 Å². The topological polar surface area (TPSA) is 274 Å². The summed E-state index contributed by atoms with van der Waals surface area (Å²) >= 11 is 0. The fourth-order valence-electron chi connectivity index (χ4n) is 9.55. The van der Waals surface area contributed by atoms with Crippen molar-refractivity contribution in [3.63, 3.8) is 0 Å². The molecule has 0 fully saturated rings. The summed E-state index contributed by atoms with van der Waals surface area (Å²) in [5.41, 5.74) is 2.85. The summed E-state index contributed by atoms with van der Waals surface area (Å²) in [5, 5.41) is 31.3. The first-order chi connectivity index (χ1) is 38.3. The van der Waals surface area contributed by atoms with Crippen LogP contribution in [0.3, 0.4) is 0 Å². The van der Waals surface area contributed by atoms with E-state index in [0.29, 0.717) is 36.9 Å². The van der Waals surface area contributed by atoms with Gasteiger partial charge in [0, 0.05) is 30.2 Å². The molecule has 4 aliphatic rings. The van der Waals surface area contributed by atoms with Gasteiger partial charge in [-0.05, 0) is 88.6 Å². The van der Waals surface area contributed by atoms with Gasteiger partial charge in [-0.25, -0.2) is 24.2 Å². The number of aliphatic hydroxyl groups is 2. The van der Waals surface area contributed by atoms with Crippen LogP contribution in [0, 0.1) is 5.92 Å². The van der Waals surface area contributed by atoms with Gasteiger partial charge in [-0.15, -0.1) is 0 Å². The summed E-state index contributed by atoms with van der Waals surface area (Å²) in [4.78, 5) is 98.7. The van der Waals surface area contributed by atoms with E-state index in [-0.39, 0.29) is 90.9 Å². The molecule has 0 aromatic heterocycles. The Balaban J connectivity index is 0.982. The van der Waals surface area contributed by atoms with Crippen molar-refractivity contribution in [1.82, 2.24) is 20.4 Å². The third-order valence-corrected chi connectivity index (χ3v) is 13.6. The molecule has 0 saturated carbocycles. The number of fused-ring (bicyclic) bond motifs is 4. The number of rotatable bonds is 22. The first-order valence-electron chi connectivity index (χ1n) is 26.1. The molecule has 0 bridgehead atoms. The van der Waals surface area contributed by atoms with E-state index in [0.717, 1.165) is 20.9 Å². The number of amides is 7. The normalized spacial score (nSPS) is 18.8. The molecule has 4 aliphatic heterocycles. The number of anilines is 3. The largest absolute Gasteiger partial charge is 0.493 e. The fourth-order valence-corrected chi connectivity index (χ4v) is 9.55. The van der Waals surface area contributed by atoms with Crippen LogP contribution < -0.4 is 44.7 Å². The van der Waals surface area contributed by atoms with Crippen molar-refractivity contribution in [2.75, 3.05) is 55.8 Å². The van der Waals surface area contributed by atoms with Crippen molar-refractivity contribution in [2.45, 2.75) is 110 Å². The van der Waals surface area contributed by atoms with E-state index in [2.05, 4.69) is 29.1 Å². The number of ether oxygens (including phenoxy) is 7. The summed E-state index contributed by atoms with van der Waals surface area (Å²) < 4.78 is 39.7. The average Bonchev–Trinajstić information content (AvgIpc) is 4.13. The zero-order valence-electron chi connectivity index (χ0n) is 45.9. The first kappa shape index (κ1) is 59.1. The second kappa shape index (κ2) is 26.4. The van der Waals surface area contributed by atoms with Gasteiger partial charge in [0.2, 0.25) is 11.8 Å². The number of nitrogens with one attached hydrogen (secondary N) is 3. The molecule has 4 heterocycles. The van der Waals surface area contributed by atoms with Gasteiger partial charge in [0.1, 0.15) is 31.9 Å². The van der Waals surface area contributed by atoms with E-state index in [9.17, 15) is 43.8 Å². The highest BCUT2D eigenvalue weighted by molar-refractivity contribution is 6.08. The predicted molar refractivity (Wildman–Crippen MR) is 292 cm³/mol. The number of unbranched alkanes of at least 4 members (excludes halogenated alkanes) is 2. The molecule has 23 nitrogen and oxygen atoms in total. The molecule has 3 aromatic carbocycles. The monoisotopic (exact) mass is 1110 g/mol. The van der Waals surface area contributed by atoms with Crippen molar-refractivity contribution in [2.24, 2.45) is 5.92 Å². The van der Waals surface area contributed by atoms with Crippen LogP contribution in [0.5, 0.6) is 23.0 Å². The summed E-state index contributed by atoms with van der Waals surface area (Å²) in [6.45, 7) is 15.6. The fraction of sp³-hybridized carbons (Fsp3) is 0.421. The van der Waals surface area contributed by atoms with E-state index in [1.807, 2.05) is 13.8 Å². The highest BCUT2D eigenvalue weighted by Crippen LogP contribution is 2.44. The summed E-state index contributed by atoms with van der Waals surface area (Å²) in [6, 6.07) is 8.73. The van der Waals surface area contributed by atoms with Gasteiger partial charge in [-0.3, -0.25) is 19.2 Å². The summed E-state index contributed by atoms with van der Waals surface area (Å²) in [7, 11) is 2.84. The van der Waals surface area contributed by atoms with Crippen molar-refractivity contribution < 1.29 is 76.9 Å². The Morgan fingerprint density at radius 1 is 0.662 bits per heavy atom. The van der Waals surface area contributed by atoms with Crippen LogP contribution >= 0.6 is 0 Å². The zero-order valence-corrected chi connectivity index (χ0v) is 45.9. The lowest BCUT2D eigenvalue weighted by Crippen LogP contribution is -2.53. The van der Waals surface area contributed by atoms with E-state index < -0.39 is 78.5 Å². The number of benzene rings is 3. The van der Waals surface area contributed by atoms with Crippen LogP contribution in [0.15, 0.2) is 97.4 Å². The number of aliphatic hydroxyl groups excluding tert-OH is 2. The maximum Gasteiger partial charge on any atom is 0.416 e. The molecule has 7 amide bonds. The quantitative estimate of drug-likeness (QED) is 0.0389. The third-order valence-electron chi connectivity index (χ3n) is 13.6. The van der Waals surface area contributed by atoms with Crippen LogP contribution in [0.1, 0.15) is 93.0 Å². The third kappa shape index (κ3) is 13.3. The molecule has 0 spiro atoms. The van der Waals surface area contributed by atoms with Crippen molar-refractivity contribution in [3.8, 4) is 23.0 Å². The lowest BCUT2D eigenvalue weighted by molar-refractivity contribution is -0.128. The Kier molecular flexibility index (Phi) is 19.5. The minimum absolute atomic E-state index is 0.0305. The molecule has 0 saturated heterocycles. The van der Waals surface area contributed by atoms with Gasteiger partial charge in [0.25, 0.3) is 11.8 Å². The number of carbonyl (C=O) groups excluding carboxylic acids is 7. The van der Waals surface area contributed by atoms with Crippen LogP contribution in [0.2, 0.25) is 0 Å². The Morgan fingerprint density at radius 2 is 1.15 bits per heavy atom. The smallest absolute Gasteiger partial charge is 0.416 e. The van der Waals surface area contributed by atoms with Crippen LogP contribution in [0.25, 0.3) is 0 Å². The van der Waals surface area contributed by atoms with Crippen molar-refractivity contribution in [3.05, 3.63) is 114 Å². The maximum absolute atomic E-state index is 14.2. The maximum atomic E-state index is 14.2. The molecule has 7 rings (SSSR count). The standard InChI is InChI=1S/C57H69N7O16/c1-10-19-78-55(71)60-48(32(3)4)50(66)58-35(7)49(65)59-37-17-15-36(16-18-37)31-80-57(73)64-41-28-47(45(75-9)26-39(41)52(68)62-30-34(6)24-43(62)54(64)70)77-22-14-12-13-21-76-46-27-40-38(25-44(46)74-8)51(67)61-29-33(5)23-42(61)53(69)63(40)56(72)79-20-11-2/h10-11,15-18,25-30,32,35,42-43,48,53-54,69-70H,1-2,12-14,19-24,31H2,3-9H3,(H,58,66)(H,59,65)(H,60,71)/t35-,42-,43-,48-,53-,54-/m0/s1. The number of hydrogen-bond acceptors (Lipinski definition) is 16. The molecule has 0 unspecified atom stereocenters. The molecule has 3 aromatic rings. The molecule has 5 N–H and O–H groups in total. The van der Waals surface area contributed by atoms with E-state index in [4.69, 9.17) is 33.2 Å². The highest BCUT2D eigenvalue weighted by atomic mass is 16.6. The lowest BCUT2D eigenvalue weighted by atomic mass is 10.0. The second-order valence-corrected chi connectivity index (χ2v) is 19.9. The van der Waals surface area contributed by atoms with Gasteiger partial charge < -0.3 is 69.1 Å². The molecule has 23 heteroatoms. The number of alkyl carbamates (subject to hydrolysis) is 1. The minimum Gasteiger partial charge on any atom is -0.493 e. The molecule has 0 radical (unpaired) electrons. The average molecular weight is 1110 g/mol. The number of methoxy groups -OCH3 is 2. The predicted octanol–water partition coefficient (Wildman–Crippen LogP) is 6.88. The van der Waals surface area contributed by atoms with Gasteiger partial charge in [0.05, 0.1) is 62.0 Å². The molecular formula is C57H69N7O16. The molecule has 80 heavy (non-hydrogen) atoms. The van der Waals surface area contributed by atoms with E-state index in [1.54, 1.807) is 50.5 Å². The first-order valence-corrected chi connectivity index (χ1v) is 26.1. The van der Waals surface area contributed by atoms with Crippen molar-refractivity contribution in [1.29, 1.82) is 0 Å². The molecular weight excluding hydrogens is 1040 g/mol. The number of hydrogen-bond donors (Lipinski definition) is 5. The van der Waals surface area contributed by atoms with Crippen LogP contribution in [-0.2, 0) is 30.4 Å². The number of carbonyl (C=O) groups is 7. The summed E-state index contributed by atoms with van der Waals surface area (Å²) in [6.07, 6.45) is 2.73. The Hall–Kier alpha value is -8.57. The molecule has 6 atom stereocenters. The highest BCUT2D eigenvalue weighted by Gasteiger charge is 2.47. The Morgan fingerprint density at radius 3 is 1.62 bits per heavy atom. The number of nitrogens with zero attached hydrogens (tertiary/aromatic N) is 4. The lowest BCUT2D eigenvalue weighted by Gasteiger charge is -2.31. The molecule has 428 valence electrons. The van der Waals surface area contributed by atoms with Crippen LogP contribution in [0.4, 0.5) is 31.4 Å². The minimum atomic E-state index is -1.54. The Bertz CT molecular complexity index is 2920. The SMILES string of the molecule is C=CCOC(=O)N[C@H](C(=O)N[C@@H](C)C(=O)Nc1ccc(COC(=O)N2c3cc(OCCCCCOc4cc5c(cc4OC)C(=O)N4C=C(C)C[C@H]4[C@H](O)N5C(=O)OCC=C)c(OC)cc3C(=O)N3C=C(C)C[C@H]3[C@@H]2O)cc1)C(C)C.